The van der Waals surface area contributed by atoms with Crippen molar-refractivity contribution in [1.82, 2.24) is 15.4 Å². The number of rotatable bonds is 4. The molecule has 0 saturated carbocycles. The molecule has 7 heteroatoms. The SMILES string of the molecule is CC(C)(C)c1cccc(OCc2nc3cc(C(=O)NO)ccc3c(=O)[nH]2)c1. The predicted octanol–water partition coefficient (Wildman–Crippen LogP) is 2.92. The molecule has 0 unspecified atom stereocenters. The van der Waals surface area contributed by atoms with Gasteiger partial charge in [-0.25, -0.2) is 10.5 Å². The zero-order valence-electron chi connectivity index (χ0n) is 15.4. The van der Waals surface area contributed by atoms with Crippen LogP contribution in [0.25, 0.3) is 10.9 Å². The molecule has 2 aromatic carbocycles. The molecule has 1 amide bonds. The Bertz CT molecular complexity index is 1050. The van der Waals surface area contributed by atoms with Gasteiger partial charge in [0.2, 0.25) is 0 Å². The first-order valence-electron chi connectivity index (χ1n) is 8.48. The fourth-order valence-corrected chi connectivity index (χ4v) is 2.67. The van der Waals surface area contributed by atoms with Crippen LogP contribution >= 0.6 is 0 Å². The normalized spacial score (nSPS) is 11.4. The zero-order valence-corrected chi connectivity index (χ0v) is 15.4. The van der Waals surface area contributed by atoms with Crippen molar-refractivity contribution in [2.45, 2.75) is 32.8 Å². The van der Waals surface area contributed by atoms with Crippen molar-refractivity contribution >= 4 is 16.8 Å². The Morgan fingerprint density at radius 3 is 2.70 bits per heavy atom. The van der Waals surface area contributed by atoms with Gasteiger partial charge in [0.25, 0.3) is 11.5 Å². The Hall–Kier alpha value is -3.19. The van der Waals surface area contributed by atoms with Crippen LogP contribution in [0.15, 0.2) is 47.3 Å². The summed E-state index contributed by atoms with van der Waals surface area (Å²) in [6, 6.07) is 12.1. The molecule has 1 heterocycles. The molecule has 140 valence electrons. The maximum Gasteiger partial charge on any atom is 0.274 e. The monoisotopic (exact) mass is 367 g/mol. The van der Waals surface area contributed by atoms with Gasteiger partial charge in [0.1, 0.15) is 18.2 Å². The molecule has 0 bridgehead atoms. The molecule has 0 radical (unpaired) electrons. The minimum absolute atomic E-state index is 0.00143. The third-order valence-electron chi connectivity index (χ3n) is 4.19. The molecular weight excluding hydrogens is 346 g/mol. The number of H-pyrrole nitrogens is 1. The first kappa shape index (κ1) is 18.6. The molecule has 0 atom stereocenters. The van der Waals surface area contributed by atoms with E-state index in [2.05, 4.69) is 30.7 Å². The maximum absolute atomic E-state index is 12.2. The number of nitrogens with one attached hydrogen (secondary N) is 2. The zero-order chi connectivity index (χ0) is 19.6. The predicted molar refractivity (Wildman–Crippen MR) is 101 cm³/mol. The van der Waals surface area contributed by atoms with Crippen molar-refractivity contribution in [1.29, 1.82) is 0 Å². The summed E-state index contributed by atoms with van der Waals surface area (Å²) in [4.78, 5) is 30.8. The van der Waals surface area contributed by atoms with Crippen LogP contribution in [0.2, 0.25) is 0 Å². The Kier molecular flexibility index (Phi) is 4.96. The van der Waals surface area contributed by atoms with Crippen molar-refractivity contribution in [3.8, 4) is 5.75 Å². The number of fused-ring (bicyclic) bond motifs is 1. The molecule has 0 aliphatic carbocycles. The fourth-order valence-electron chi connectivity index (χ4n) is 2.67. The van der Waals surface area contributed by atoms with Crippen molar-refractivity contribution in [2.75, 3.05) is 0 Å². The molecule has 3 aromatic rings. The van der Waals surface area contributed by atoms with E-state index in [1.54, 1.807) is 5.48 Å². The van der Waals surface area contributed by atoms with E-state index in [9.17, 15) is 9.59 Å². The molecule has 3 N–H and O–H groups in total. The summed E-state index contributed by atoms with van der Waals surface area (Å²) in [6.45, 7) is 6.44. The van der Waals surface area contributed by atoms with Gasteiger partial charge >= 0.3 is 0 Å². The summed E-state index contributed by atoms with van der Waals surface area (Å²) in [7, 11) is 0. The smallest absolute Gasteiger partial charge is 0.274 e. The number of carbonyl (C=O) groups is 1. The van der Waals surface area contributed by atoms with Crippen molar-refractivity contribution in [3.05, 3.63) is 69.8 Å². The number of hydrogen-bond donors (Lipinski definition) is 3. The molecule has 3 rings (SSSR count). The number of carbonyl (C=O) groups excluding carboxylic acids is 1. The second kappa shape index (κ2) is 7.20. The number of hydrogen-bond acceptors (Lipinski definition) is 5. The fraction of sp³-hybridized carbons (Fsp3) is 0.250. The molecule has 0 aliphatic rings. The number of hydroxylamine groups is 1. The summed E-state index contributed by atoms with van der Waals surface area (Å²) in [6.07, 6.45) is 0. The first-order chi connectivity index (χ1) is 12.8. The molecule has 0 spiro atoms. The Morgan fingerprint density at radius 2 is 2.00 bits per heavy atom. The van der Waals surface area contributed by atoms with E-state index in [4.69, 9.17) is 9.94 Å². The summed E-state index contributed by atoms with van der Waals surface area (Å²) < 4.78 is 5.78. The molecule has 0 aliphatic heterocycles. The lowest BCUT2D eigenvalue weighted by molar-refractivity contribution is 0.0706. The second-order valence-corrected chi connectivity index (χ2v) is 7.25. The Morgan fingerprint density at radius 1 is 1.22 bits per heavy atom. The van der Waals surface area contributed by atoms with E-state index >= 15 is 0 Å². The number of nitrogens with zero attached hydrogens (tertiary/aromatic N) is 1. The Labute approximate surface area is 156 Å². The average Bonchev–Trinajstić information content (AvgIpc) is 2.65. The molecule has 7 nitrogen and oxygen atoms in total. The largest absolute Gasteiger partial charge is 0.486 e. The highest BCUT2D eigenvalue weighted by molar-refractivity contribution is 5.96. The number of aromatic amines is 1. The van der Waals surface area contributed by atoms with Crippen LogP contribution in [0.3, 0.4) is 0 Å². The molecular formula is C20H21N3O4. The lowest BCUT2D eigenvalue weighted by Gasteiger charge is -2.19. The second-order valence-electron chi connectivity index (χ2n) is 7.25. The van der Waals surface area contributed by atoms with E-state index in [1.807, 2.05) is 24.3 Å². The van der Waals surface area contributed by atoms with Gasteiger partial charge in [-0.1, -0.05) is 32.9 Å². The van der Waals surface area contributed by atoms with E-state index in [0.717, 1.165) is 5.56 Å². The molecule has 1 aromatic heterocycles. The minimum Gasteiger partial charge on any atom is -0.486 e. The van der Waals surface area contributed by atoms with Gasteiger partial charge in [-0.2, -0.15) is 0 Å². The van der Waals surface area contributed by atoms with Crippen molar-refractivity contribution in [3.63, 3.8) is 0 Å². The lowest BCUT2D eigenvalue weighted by Crippen LogP contribution is -2.19. The minimum atomic E-state index is -0.671. The third-order valence-corrected chi connectivity index (χ3v) is 4.19. The quantitative estimate of drug-likeness (QED) is 0.486. The average molecular weight is 367 g/mol. The van der Waals surface area contributed by atoms with Gasteiger partial charge in [-0.3, -0.25) is 14.8 Å². The van der Waals surface area contributed by atoms with E-state index in [1.165, 1.54) is 18.2 Å². The highest BCUT2D eigenvalue weighted by atomic mass is 16.5. The molecule has 27 heavy (non-hydrogen) atoms. The standard InChI is InChI=1S/C20H21N3O4/c1-20(2,3)13-5-4-6-14(10-13)27-11-17-21-16-9-12(18(24)23-26)7-8-15(16)19(25)22-17/h4-10,26H,11H2,1-3H3,(H,23,24)(H,21,22,25). The van der Waals surface area contributed by atoms with Crippen LogP contribution in [-0.2, 0) is 12.0 Å². The summed E-state index contributed by atoms with van der Waals surface area (Å²) in [5.74, 6) is 0.351. The van der Waals surface area contributed by atoms with Crippen LogP contribution in [0.5, 0.6) is 5.75 Å². The highest BCUT2D eigenvalue weighted by Gasteiger charge is 2.14. The number of aromatic nitrogens is 2. The van der Waals surface area contributed by atoms with Crippen LogP contribution in [-0.4, -0.2) is 21.1 Å². The summed E-state index contributed by atoms with van der Waals surface area (Å²) >= 11 is 0. The van der Waals surface area contributed by atoms with E-state index in [-0.39, 0.29) is 23.1 Å². The van der Waals surface area contributed by atoms with Gasteiger partial charge in [-0.05, 0) is 41.3 Å². The number of amides is 1. The van der Waals surface area contributed by atoms with Gasteiger partial charge in [0, 0.05) is 5.56 Å². The van der Waals surface area contributed by atoms with Crippen LogP contribution in [0.4, 0.5) is 0 Å². The van der Waals surface area contributed by atoms with Crippen LogP contribution in [0, 0.1) is 0 Å². The van der Waals surface area contributed by atoms with Crippen molar-refractivity contribution in [2.24, 2.45) is 0 Å². The topological polar surface area (TPSA) is 104 Å². The van der Waals surface area contributed by atoms with E-state index in [0.29, 0.717) is 22.5 Å². The van der Waals surface area contributed by atoms with E-state index < -0.39 is 5.91 Å². The Balaban J connectivity index is 1.87. The lowest BCUT2D eigenvalue weighted by atomic mass is 9.87. The van der Waals surface area contributed by atoms with Gasteiger partial charge < -0.3 is 9.72 Å². The van der Waals surface area contributed by atoms with Gasteiger partial charge in [0.15, 0.2) is 0 Å². The molecule has 0 fully saturated rings. The van der Waals surface area contributed by atoms with Crippen molar-refractivity contribution < 1.29 is 14.7 Å². The maximum atomic E-state index is 12.2. The highest BCUT2D eigenvalue weighted by Crippen LogP contribution is 2.25. The van der Waals surface area contributed by atoms with Crippen LogP contribution < -0.4 is 15.8 Å². The first-order valence-corrected chi connectivity index (χ1v) is 8.48. The van der Waals surface area contributed by atoms with Gasteiger partial charge in [-0.15, -0.1) is 0 Å². The third kappa shape index (κ3) is 4.15. The van der Waals surface area contributed by atoms with Crippen LogP contribution in [0.1, 0.15) is 42.5 Å². The molecule has 0 saturated heterocycles. The summed E-state index contributed by atoms with van der Waals surface area (Å²) in [5, 5.41) is 9.10. The summed E-state index contributed by atoms with van der Waals surface area (Å²) in [5.41, 5.74) is 2.93. The number of ether oxygens (including phenoxy) is 1. The number of benzene rings is 2. The van der Waals surface area contributed by atoms with Gasteiger partial charge in [0.05, 0.1) is 10.9 Å².